The van der Waals surface area contributed by atoms with E-state index >= 15 is 0 Å². The minimum atomic E-state index is -0.940. The van der Waals surface area contributed by atoms with Crippen LogP contribution in [0.2, 0.25) is 0 Å². The van der Waals surface area contributed by atoms with Gasteiger partial charge in [-0.2, -0.15) is 5.26 Å². The highest BCUT2D eigenvalue weighted by Gasteiger charge is 2.16. The molecule has 0 saturated carbocycles. The van der Waals surface area contributed by atoms with Crippen LogP contribution in [0, 0.1) is 11.3 Å². The van der Waals surface area contributed by atoms with Crippen molar-refractivity contribution >= 4 is 11.9 Å². The van der Waals surface area contributed by atoms with Crippen LogP contribution in [0.1, 0.15) is 13.8 Å². The standard InChI is InChI=1S/C9H11NO5/c1-3-14-9(13)7(4-10)8(12)5-15-6(2)11/h12H,3,5H2,1-2H3/b8-7+. The fraction of sp³-hybridized carbons (Fsp3) is 0.444. The van der Waals surface area contributed by atoms with E-state index in [1.165, 1.54) is 6.07 Å². The summed E-state index contributed by atoms with van der Waals surface area (Å²) in [5, 5.41) is 17.8. The molecule has 0 aliphatic carbocycles. The van der Waals surface area contributed by atoms with E-state index in [1.54, 1.807) is 6.92 Å². The van der Waals surface area contributed by atoms with Gasteiger partial charge in [0, 0.05) is 6.92 Å². The maximum Gasteiger partial charge on any atom is 0.352 e. The smallest absolute Gasteiger partial charge is 0.352 e. The normalized spacial score (nSPS) is 11.0. The highest BCUT2D eigenvalue weighted by Crippen LogP contribution is 2.04. The number of ether oxygens (including phenoxy) is 2. The van der Waals surface area contributed by atoms with Crippen molar-refractivity contribution in [3.05, 3.63) is 11.3 Å². The Hall–Kier alpha value is -2.03. The topological polar surface area (TPSA) is 96.6 Å². The Kier molecular flexibility index (Phi) is 5.56. The Bertz CT molecular complexity index is 326. The van der Waals surface area contributed by atoms with Crippen LogP contribution in [0.3, 0.4) is 0 Å². The lowest BCUT2D eigenvalue weighted by molar-refractivity contribution is -0.142. The van der Waals surface area contributed by atoms with Crippen molar-refractivity contribution in [3.8, 4) is 6.07 Å². The molecule has 0 heterocycles. The average molecular weight is 213 g/mol. The summed E-state index contributed by atoms with van der Waals surface area (Å²) < 4.78 is 8.91. The number of esters is 2. The van der Waals surface area contributed by atoms with Gasteiger partial charge in [-0.3, -0.25) is 4.79 Å². The molecule has 0 rings (SSSR count). The molecule has 0 amide bonds. The van der Waals surface area contributed by atoms with Crippen molar-refractivity contribution in [2.45, 2.75) is 13.8 Å². The van der Waals surface area contributed by atoms with E-state index in [1.807, 2.05) is 0 Å². The third-order valence-electron chi connectivity index (χ3n) is 1.29. The second-order valence-electron chi connectivity index (χ2n) is 2.43. The molecule has 0 saturated heterocycles. The Morgan fingerprint density at radius 2 is 2.00 bits per heavy atom. The van der Waals surface area contributed by atoms with Gasteiger partial charge in [-0.1, -0.05) is 0 Å². The molecule has 0 fully saturated rings. The Balaban J connectivity index is 4.61. The predicted molar refractivity (Wildman–Crippen MR) is 48.5 cm³/mol. The molecule has 0 spiro atoms. The van der Waals surface area contributed by atoms with Crippen molar-refractivity contribution in [3.63, 3.8) is 0 Å². The molecular weight excluding hydrogens is 202 g/mol. The summed E-state index contributed by atoms with van der Waals surface area (Å²) in [6, 6.07) is 1.47. The van der Waals surface area contributed by atoms with Crippen molar-refractivity contribution in [2.24, 2.45) is 0 Å². The van der Waals surface area contributed by atoms with E-state index < -0.39 is 29.9 Å². The van der Waals surface area contributed by atoms with E-state index in [0.717, 1.165) is 6.92 Å². The number of nitriles is 1. The molecule has 6 heteroatoms. The summed E-state index contributed by atoms with van der Waals surface area (Å²) in [5.41, 5.74) is -0.557. The van der Waals surface area contributed by atoms with E-state index in [-0.39, 0.29) is 6.61 Å². The molecule has 82 valence electrons. The molecule has 0 aromatic rings. The van der Waals surface area contributed by atoms with Gasteiger partial charge in [-0.25, -0.2) is 4.79 Å². The summed E-state index contributed by atoms with van der Waals surface area (Å²) in [6.07, 6.45) is 0. The van der Waals surface area contributed by atoms with Gasteiger partial charge in [0.05, 0.1) is 6.61 Å². The van der Waals surface area contributed by atoms with Crippen LogP contribution in [0.5, 0.6) is 0 Å². The van der Waals surface area contributed by atoms with Crippen LogP contribution < -0.4 is 0 Å². The molecule has 0 aliphatic heterocycles. The van der Waals surface area contributed by atoms with Crippen LogP contribution in [0.4, 0.5) is 0 Å². The van der Waals surface area contributed by atoms with E-state index in [4.69, 9.17) is 5.26 Å². The second-order valence-corrected chi connectivity index (χ2v) is 2.43. The molecule has 6 nitrogen and oxygen atoms in total. The monoisotopic (exact) mass is 213 g/mol. The highest BCUT2D eigenvalue weighted by atomic mass is 16.5. The maximum atomic E-state index is 11.1. The number of carbonyl (C=O) groups excluding carboxylic acids is 2. The molecule has 0 radical (unpaired) electrons. The Morgan fingerprint density at radius 3 is 2.40 bits per heavy atom. The largest absolute Gasteiger partial charge is 0.507 e. The number of nitrogens with zero attached hydrogens (tertiary/aromatic N) is 1. The lowest BCUT2D eigenvalue weighted by atomic mass is 10.2. The van der Waals surface area contributed by atoms with Gasteiger partial charge >= 0.3 is 11.9 Å². The predicted octanol–water partition coefficient (Wildman–Crippen LogP) is 0.448. The first-order valence-electron chi connectivity index (χ1n) is 4.15. The summed E-state index contributed by atoms with van der Waals surface area (Å²) in [5.74, 6) is -2.18. The zero-order chi connectivity index (χ0) is 11.8. The summed E-state index contributed by atoms with van der Waals surface area (Å²) in [7, 11) is 0. The third kappa shape index (κ3) is 4.67. The van der Waals surface area contributed by atoms with Crippen LogP contribution in [-0.4, -0.2) is 30.3 Å². The summed E-state index contributed by atoms with van der Waals surface area (Å²) in [4.78, 5) is 21.5. The maximum absolute atomic E-state index is 11.1. The molecule has 15 heavy (non-hydrogen) atoms. The van der Waals surface area contributed by atoms with Crippen LogP contribution in [0.25, 0.3) is 0 Å². The number of hydrogen-bond donors (Lipinski definition) is 1. The molecule has 0 aromatic heterocycles. The molecule has 0 unspecified atom stereocenters. The fourth-order valence-corrected chi connectivity index (χ4v) is 0.673. The van der Waals surface area contributed by atoms with E-state index in [9.17, 15) is 14.7 Å². The Labute approximate surface area is 86.7 Å². The molecular formula is C9H11NO5. The number of aliphatic hydroxyl groups is 1. The minimum Gasteiger partial charge on any atom is -0.507 e. The van der Waals surface area contributed by atoms with E-state index in [0.29, 0.717) is 0 Å². The Morgan fingerprint density at radius 1 is 1.40 bits per heavy atom. The first kappa shape index (κ1) is 13.0. The summed E-state index contributed by atoms with van der Waals surface area (Å²) in [6.45, 7) is 2.28. The molecule has 0 bridgehead atoms. The van der Waals surface area contributed by atoms with Crippen molar-refractivity contribution in [1.82, 2.24) is 0 Å². The quantitative estimate of drug-likeness (QED) is 0.315. The van der Waals surface area contributed by atoms with E-state index in [2.05, 4.69) is 9.47 Å². The number of carbonyl (C=O) groups is 2. The van der Waals surface area contributed by atoms with Crippen LogP contribution in [-0.2, 0) is 19.1 Å². The number of hydrogen-bond acceptors (Lipinski definition) is 6. The molecule has 1 N–H and O–H groups in total. The highest BCUT2D eigenvalue weighted by molar-refractivity contribution is 5.93. The first-order chi connectivity index (χ1) is 7.02. The third-order valence-corrected chi connectivity index (χ3v) is 1.29. The number of aliphatic hydroxyl groups excluding tert-OH is 1. The van der Waals surface area contributed by atoms with Crippen molar-refractivity contribution < 1.29 is 24.2 Å². The van der Waals surface area contributed by atoms with Gasteiger partial charge in [-0.15, -0.1) is 0 Å². The van der Waals surface area contributed by atoms with Gasteiger partial charge in [0.25, 0.3) is 0 Å². The van der Waals surface area contributed by atoms with Gasteiger partial charge < -0.3 is 14.6 Å². The van der Waals surface area contributed by atoms with Crippen molar-refractivity contribution in [2.75, 3.05) is 13.2 Å². The van der Waals surface area contributed by atoms with Gasteiger partial charge in [0.2, 0.25) is 0 Å². The molecule has 0 atom stereocenters. The SMILES string of the molecule is CCOC(=O)/C(C#N)=C(/O)COC(C)=O. The first-order valence-corrected chi connectivity index (χ1v) is 4.15. The van der Waals surface area contributed by atoms with Gasteiger partial charge in [-0.05, 0) is 6.92 Å². The van der Waals surface area contributed by atoms with Crippen LogP contribution in [0.15, 0.2) is 11.3 Å². The van der Waals surface area contributed by atoms with Crippen LogP contribution >= 0.6 is 0 Å². The number of rotatable bonds is 4. The molecule has 0 aromatic carbocycles. The average Bonchev–Trinajstić information content (AvgIpc) is 2.16. The fourth-order valence-electron chi connectivity index (χ4n) is 0.673. The van der Waals surface area contributed by atoms with Gasteiger partial charge in [0.1, 0.15) is 12.7 Å². The lowest BCUT2D eigenvalue weighted by Gasteiger charge is -2.04. The summed E-state index contributed by atoms with van der Waals surface area (Å²) >= 11 is 0. The molecule has 0 aliphatic rings. The van der Waals surface area contributed by atoms with Crippen molar-refractivity contribution in [1.29, 1.82) is 5.26 Å². The zero-order valence-electron chi connectivity index (χ0n) is 8.44. The second kappa shape index (κ2) is 6.43. The lowest BCUT2D eigenvalue weighted by Crippen LogP contribution is -2.12. The zero-order valence-corrected chi connectivity index (χ0v) is 8.44. The minimum absolute atomic E-state index is 0.0882. The van der Waals surface area contributed by atoms with Gasteiger partial charge in [0.15, 0.2) is 11.3 Å².